The van der Waals surface area contributed by atoms with Crippen LogP contribution in [-0.2, 0) is 11.3 Å². The molecule has 1 fully saturated rings. The Hall–Kier alpha value is -3.97. The number of likely N-dealkylation sites (tertiary alicyclic amines) is 1. The molecule has 14 heteroatoms. The third-order valence-electron chi connectivity index (χ3n) is 6.49. The van der Waals surface area contributed by atoms with Crippen molar-refractivity contribution in [3.05, 3.63) is 24.1 Å². The van der Waals surface area contributed by atoms with Crippen molar-refractivity contribution in [2.75, 3.05) is 37.4 Å². The second kappa shape index (κ2) is 10.2. The van der Waals surface area contributed by atoms with Gasteiger partial charge in [0.25, 0.3) is 0 Å². The first kappa shape index (κ1) is 24.7. The van der Waals surface area contributed by atoms with Crippen molar-refractivity contribution < 1.29 is 18.0 Å². The Morgan fingerprint density at radius 1 is 1.24 bits per heavy atom. The van der Waals surface area contributed by atoms with Crippen LogP contribution in [0.15, 0.2) is 18.3 Å². The number of hydrogen-bond donors (Lipinski definition) is 2. The summed E-state index contributed by atoms with van der Waals surface area (Å²) in [7, 11) is 1.64. The number of carbonyl (C=O) groups excluding carboxylic acids is 1. The molecular formula is C23H27F3N10O. The molecule has 1 saturated heterocycles. The predicted molar refractivity (Wildman–Crippen MR) is 131 cm³/mol. The number of carbonyl (C=O) groups is 1. The quantitative estimate of drug-likeness (QED) is 0.343. The van der Waals surface area contributed by atoms with Crippen LogP contribution in [0.2, 0.25) is 0 Å². The number of nitrogens with one attached hydrogen (secondary N) is 2. The first-order valence-electron chi connectivity index (χ1n) is 12.1. The molecule has 4 aromatic rings. The van der Waals surface area contributed by atoms with Crippen LogP contribution >= 0.6 is 0 Å². The minimum atomic E-state index is -1.30. The smallest absolute Gasteiger partial charge is 0.243 e. The van der Waals surface area contributed by atoms with Crippen LogP contribution in [0, 0.1) is 5.82 Å². The fourth-order valence-electron chi connectivity index (χ4n) is 4.55. The van der Waals surface area contributed by atoms with Crippen LogP contribution in [0.3, 0.4) is 0 Å². The van der Waals surface area contributed by atoms with Crippen LogP contribution in [0.25, 0.3) is 27.9 Å². The Morgan fingerprint density at radius 2 is 2.08 bits per heavy atom. The molecule has 0 spiro atoms. The molecule has 1 aliphatic heterocycles. The minimum absolute atomic E-state index is 0.0101. The number of anilines is 2. The number of alkyl halides is 2. The standard InChI is InChI=1S/C23H27F3N10O/c1-13(37)34-10-7-16(14(25)11-34)29-23-30-21(27-2)20-19(15(26)12-36(20)32-23)17-5-6-18-22(28-17)35(33-31-18)9-4-3-8-24/h5-6,12,14,16H,3-4,7-11H2,1-2H3,(H2,27,29,30,32). The van der Waals surface area contributed by atoms with Gasteiger partial charge in [-0.3, -0.25) is 9.18 Å². The number of halogens is 3. The van der Waals surface area contributed by atoms with Gasteiger partial charge in [-0.05, 0) is 31.4 Å². The van der Waals surface area contributed by atoms with E-state index in [0.717, 1.165) is 0 Å². The van der Waals surface area contributed by atoms with E-state index in [9.17, 15) is 13.6 Å². The summed E-state index contributed by atoms with van der Waals surface area (Å²) in [6.07, 6.45) is 1.28. The average Bonchev–Trinajstić information content (AvgIpc) is 3.44. The molecule has 196 valence electrons. The largest absolute Gasteiger partial charge is 0.371 e. The van der Waals surface area contributed by atoms with Gasteiger partial charge in [0.2, 0.25) is 11.9 Å². The van der Waals surface area contributed by atoms with Gasteiger partial charge >= 0.3 is 0 Å². The zero-order chi connectivity index (χ0) is 26.1. The van der Waals surface area contributed by atoms with Crippen LogP contribution in [-0.4, -0.2) is 84.4 Å². The highest BCUT2D eigenvalue weighted by Crippen LogP contribution is 2.33. The maximum atomic E-state index is 15.3. The second-order valence-corrected chi connectivity index (χ2v) is 8.95. The van der Waals surface area contributed by atoms with Crippen molar-refractivity contribution in [1.82, 2.24) is 39.5 Å². The third kappa shape index (κ3) is 4.74. The van der Waals surface area contributed by atoms with Crippen molar-refractivity contribution in [3.8, 4) is 11.3 Å². The lowest BCUT2D eigenvalue weighted by Gasteiger charge is -2.34. The molecule has 0 saturated carbocycles. The summed E-state index contributed by atoms with van der Waals surface area (Å²) >= 11 is 0. The Bertz CT molecular complexity index is 1440. The van der Waals surface area contributed by atoms with Crippen molar-refractivity contribution in [2.24, 2.45) is 0 Å². The molecule has 0 radical (unpaired) electrons. The Balaban J connectivity index is 1.48. The minimum Gasteiger partial charge on any atom is -0.371 e. The van der Waals surface area contributed by atoms with Gasteiger partial charge in [0.1, 0.15) is 17.2 Å². The van der Waals surface area contributed by atoms with E-state index >= 15 is 4.39 Å². The molecule has 37 heavy (non-hydrogen) atoms. The van der Waals surface area contributed by atoms with Gasteiger partial charge in [0.15, 0.2) is 17.3 Å². The molecule has 0 aliphatic carbocycles. The fraction of sp³-hybridized carbons (Fsp3) is 0.478. The van der Waals surface area contributed by atoms with Gasteiger partial charge < -0.3 is 15.5 Å². The molecule has 2 unspecified atom stereocenters. The maximum absolute atomic E-state index is 15.3. The molecule has 1 amide bonds. The number of fused-ring (bicyclic) bond motifs is 2. The van der Waals surface area contributed by atoms with Gasteiger partial charge in [0.05, 0.1) is 36.7 Å². The van der Waals surface area contributed by atoms with Gasteiger partial charge in [-0.15, -0.1) is 10.2 Å². The Morgan fingerprint density at radius 3 is 2.81 bits per heavy atom. The molecule has 0 bridgehead atoms. The normalized spacial score (nSPS) is 18.0. The lowest BCUT2D eigenvalue weighted by Crippen LogP contribution is -2.49. The first-order chi connectivity index (χ1) is 17.9. The first-order valence-corrected chi connectivity index (χ1v) is 12.1. The number of hydrogen-bond acceptors (Lipinski definition) is 8. The zero-order valence-electron chi connectivity index (χ0n) is 20.5. The second-order valence-electron chi connectivity index (χ2n) is 8.95. The highest BCUT2D eigenvalue weighted by Gasteiger charge is 2.31. The number of unbranched alkanes of at least 4 members (excludes halogenated alkanes) is 1. The van der Waals surface area contributed by atoms with E-state index in [2.05, 4.69) is 36.0 Å². The monoisotopic (exact) mass is 516 g/mol. The molecule has 4 aromatic heterocycles. The van der Waals surface area contributed by atoms with Crippen molar-refractivity contribution in [3.63, 3.8) is 0 Å². The van der Waals surface area contributed by atoms with Crippen LogP contribution in [0.5, 0.6) is 0 Å². The molecule has 1 aliphatic rings. The Kier molecular flexibility index (Phi) is 6.80. The number of rotatable bonds is 8. The molecular weight excluding hydrogens is 489 g/mol. The SMILES string of the molecule is CNc1nc(NC2CCN(C(C)=O)CC2F)nn2cc(F)c(-c3ccc4nnn(CCCCF)c4n3)c12. The Labute approximate surface area is 210 Å². The average molecular weight is 517 g/mol. The topological polar surface area (TPSA) is 118 Å². The van der Waals surface area contributed by atoms with Crippen molar-refractivity contribution in [2.45, 2.75) is 44.9 Å². The zero-order valence-corrected chi connectivity index (χ0v) is 20.5. The van der Waals surface area contributed by atoms with Gasteiger partial charge in [0, 0.05) is 27.1 Å². The van der Waals surface area contributed by atoms with Gasteiger partial charge in [-0.1, -0.05) is 5.21 Å². The summed E-state index contributed by atoms with van der Waals surface area (Å²) < 4.78 is 45.5. The van der Waals surface area contributed by atoms with E-state index in [0.29, 0.717) is 60.5 Å². The maximum Gasteiger partial charge on any atom is 0.243 e. The van der Waals surface area contributed by atoms with Crippen molar-refractivity contribution in [1.29, 1.82) is 0 Å². The molecule has 2 atom stereocenters. The van der Waals surface area contributed by atoms with Gasteiger partial charge in [-0.25, -0.2) is 23.0 Å². The number of aromatic nitrogens is 7. The van der Waals surface area contributed by atoms with E-state index in [4.69, 9.17) is 0 Å². The molecule has 11 nitrogen and oxygen atoms in total. The lowest BCUT2D eigenvalue weighted by molar-refractivity contribution is -0.131. The number of nitrogens with zero attached hydrogens (tertiary/aromatic N) is 8. The number of amides is 1. The summed E-state index contributed by atoms with van der Waals surface area (Å²) in [5.74, 6) is -0.285. The van der Waals surface area contributed by atoms with Gasteiger partial charge in [-0.2, -0.15) is 4.98 Å². The summed E-state index contributed by atoms with van der Waals surface area (Å²) in [4.78, 5) is 22.1. The van der Waals surface area contributed by atoms with E-state index < -0.39 is 24.7 Å². The highest BCUT2D eigenvalue weighted by molar-refractivity contribution is 5.89. The van der Waals surface area contributed by atoms with Crippen molar-refractivity contribution >= 4 is 34.4 Å². The molecule has 5 rings (SSSR count). The molecule has 5 heterocycles. The fourth-order valence-corrected chi connectivity index (χ4v) is 4.55. The molecule has 0 aromatic carbocycles. The van der Waals surface area contributed by atoms with Crippen LogP contribution < -0.4 is 10.6 Å². The highest BCUT2D eigenvalue weighted by atomic mass is 19.1. The summed E-state index contributed by atoms with van der Waals surface area (Å²) in [5, 5.41) is 18.5. The predicted octanol–water partition coefficient (Wildman–Crippen LogP) is 2.84. The summed E-state index contributed by atoms with van der Waals surface area (Å²) in [6, 6.07) is 2.75. The number of pyridine rings is 1. The van der Waals surface area contributed by atoms with Crippen LogP contribution in [0.1, 0.15) is 26.2 Å². The van der Waals surface area contributed by atoms with Crippen LogP contribution in [0.4, 0.5) is 24.9 Å². The third-order valence-corrected chi connectivity index (χ3v) is 6.49. The van der Waals surface area contributed by atoms with E-state index in [1.807, 2.05) is 0 Å². The van der Waals surface area contributed by atoms with E-state index in [1.54, 1.807) is 23.9 Å². The summed E-state index contributed by atoms with van der Waals surface area (Å²) in [5.41, 5.74) is 1.89. The lowest BCUT2D eigenvalue weighted by atomic mass is 10.0. The summed E-state index contributed by atoms with van der Waals surface area (Å²) in [6.45, 7) is 1.85. The van der Waals surface area contributed by atoms with E-state index in [1.165, 1.54) is 22.5 Å². The molecule has 2 N–H and O–H groups in total. The number of piperidine rings is 1. The number of aryl methyl sites for hydroxylation is 1. The van der Waals surface area contributed by atoms with E-state index in [-0.39, 0.29) is 24.0 Å².